The number of primary amides is 1. The van der Waals surface area contributed by atoms with Crippen molar-refractivity contribution in [3.05, 3.63) is 113 Å². The van der Waals surface area contributed by atoms with Crippen molar-refractivity contribution >= 4 is 17.6 Å². The highest BCUT2D eigenvalue weighted by molar-refractivity contribution is 5.95. The molecule has 0 spiro atoms. The van der Waals surface area contributed by atoms with Crippen molar-refractivity contribution in [1.29, 1.82) is 0 Å². The molecule has 0 saturated carbocycles. The van der Waals surface area contributed by atoms with Gasteiger partial charge in [-0.15, -0.1) is 0 Å². The highest BCUT2D eigenvalue weighted by Gasteiger charge is 2.34. The molecular weight excluding hydrogens is 469 g/mol. The van der Waals surface area contributed by atoms with Crippen LogP contribution in [0.1, 0.15) is 45.1 Å². The number of aryl methyl sites for hydroxylation is 1. The van der Waals surface area contributed by atoms with Crippen LogP contribution in [0, 0.1) is 6.92 Å². The largest absolute Gasteiger partial charge is 0.416 e. The standard InChI is InChI=1S/C20H16F3N3O.C7H7NO/c1-12-18-16(13-7-9-14(10-8-13)20(21,22)23)11-17(27)24-19(18)26(25-12)15-5-3-2-4-6-15;8-7(9)6-4-2-1-3-5-6/h2-10,16H,11H2,1H3,(H,24,27);1-5H,(H2,8,9). The Kier molecular flexibility index (Phi) is 6.91. The van der Waals surface area contributed by atoms with Crippen LogP contribution in [0.25, 0.3) is 5.69 Å². The van der Waals surface area contributed by atoms with Crippen molar-refractivity contribution in [3.8, 4) is 5.69 Å². The van der Waals surface area contributed by atoms with Crippen LogP contribution in [-0.2, 0) is 11.0 Å². The van der Waals surface area contributed by atoms with E-state index in [0.29, 0.717) is 16.9 Å². The van der Waals surface area contributed by atoms with Gasteiger partial charge >= 0.3 is 6.18 Å². The second-order valence-electron chi connectivity index (χ2n) is 8.25. The van der Waals surface area contributed by atoms with Crippen LogP contribution < -0.4 is 11.1 Å². The maximum Gasteiger partial charge on any atom is 0.416 e. The number of halogens is 3. The highest BCUT2D eigenvalue weighted by Crippen LogP contribution is 2.41. The highest BCUT2D eigenvalue weighted by atomic mass is 19.4. The summed E-state index contributed by atoms with van der Waals surface area (Å²) < 4.78 is 40.2. The fourth-order valence-corrected chi connectivity index (χ4v) is 4.09. The number of carbonyl (C=O) groups is 2. The summed E-state index contributed by atoms with van der Waals surface area (Å²) in [7, 11) is 0. The predicted octanol–water partition coefficient (Wildman–Crippen LogP) is 5.46. The molecule has 5 rings (SSSR count). The summed E-state index contributed by atoms with van der Waals surface area (Å²) in [6.45, 7) is 1.84. The van der Waals surface area contributed by atoms with Crippen LogP contribution in [0.3, 0.4) is 0 Å². The van der Waals surface area contributed by atoms with E-state index in [4.69, 9.17) is 5.73 Å². The minimum Gasteiger partial charge on any atom is -0.366 e. The van der Waals surface area contributed by atoms with Crippen LogP contribution in [0.2, 0.25) is 0 Å². The number of hydrogen-bond donors (Lipinski definition) is 2. The zero-order chi connectivity index (χ0) is 25.9. The first-order chi connectivity index (χ1) is 17.1. The first-order valence-corrected chi connectivity index (χ1v) is 11.1. The maximum absolute atomic E-state index is 12.8. The number of nitrogens with zero attached hydrogens (tertiary/aromatic N) is 2. The third-order valence-electron chi connectivity index (χ3n) is 5.80. The third kappa shape index (κ3) is 5.30. The van der Waals surface area contributed by atoms with Gasteiger partial charge in [-0.1, -0.05) is 48.5 Å². The minimum atomic E-state index is -4.39. The summed E-state index contributed by atoms with van der Waals surface area (Å²) in [5, 5.41) is 7.42. The molecule has 9 heteroatoms. The van der Waals surface area contributed by atoms with E-state index < -0.39 is 11.7 Å². The molecule has 184 valence electrons. The van der Waals surface area contributed by atoms with Gasteiger partial charge in [0.1, 0.15) is 5.82 Å². The molecule has 0 saturated heterocycles. The van der Waals surface area contributed by atoms with Crippen molar-refractivity contribution in [2.24, 2.45) is 5.73 Å². The number of nitrogens with one attached hydrogen (secondary N) is 1. The van der Waals surface area contributed by atoms with Crippen LogP contribution in [0.15, 0.2) is 84.9 Å². The van der Waals surface area contributed by atoms with E-state index in [1.807, 2.05) is 43.3 Å². The van der Waals surface area contributed by atoms with E-state index >= 15 is 0 Å². The maximum atomic E-state index is 12.8. The van der Waals surface area contributed by atoms with E-state index in [9.17, 15) is 22.8 Å². The monoisotopic (exact) mass is 492 g/mol. The summed E-state index contributed by atoms with van der Waals surface area (Å²) in [4.78, 5) is 22.7. The van der Waals surface area contributed by atoms with Gasteiger partial charge in [0.15, 0.2) is 0 Å². The average Bonchev–Trinajstić information content (AvgIpc) is 3.20. The smallest absolute Gasteiger partial charge is 0.366 e. The van der Waals surface area contributed by atoms with Gasteiger partial charge in [0.05, 0.1) is 16.9 Å². The summed E-state index contributed by atoms with van der Waals surface area (Å²) in [5.41, 5.74) is 7.85. The number of alkyl halides is 3. The van der Waals surface area contributed by atoms with Crippen molar-refractivity contribution in [2.45, 2.75) is 25.4 Å². The number of aromatic nitrogens is 2. The lowest BCUT2D eigenvalue weighted by molar-refractivity contribution is -0.137. The normalized spacial score (nSPS) is 14.8. The molecule has 4 aromatic rings. The Labute approximate surface area is 205 Å². The Morgan fingerprint density at radius 3 is 2.08 bits per heavy atom. The average molecular weight is 493 g/mol. The molecule has 1 atom stereocenters. The number of anilines is 1. The molecule has 1 aromatic heterocycles. The molecule has 1 aliphatic rings. The van der Waals surface area contributed by atoms with Gasteiger partial charge in [-0.25, -0.2) is 4.68 Å². The van der Waals surface area contributed by atoms with Crippen molar-refractivity contribution in [1.82, 2.24) is 9.78 Å². The number of nitrogens with two attached hydrogens (primary N) is 1. The number of rotatable bonds is 3. The number of carbonyl (C=O) groups excluding carboxylic acids is 2. The molecule has 3 N–H and O–H groups in total. The van der Waals surface area contributed by atoms with Gasteiger partial charge in [0.2, 0.25) is 11.8 Å². The zero-order valence-electron chi connectivity index (χ0n) is 19.3. The molecule has 0 bridgehead atoms. The lowest BCUT2D eigenvalue weighted by Gasteiger charge is -2.24. The van der Waals surface area contributed by atoms with E-state index in [-0.39, 0.29) is 24.2 Å². The molecular formula is C27H23F3N4O2. The Morgan fingerprint density at radius 2 is 1.56 bits per heavy atom. The quantitative estimate of drug-likeness (QED) is 0.398. The van der Waals surface area contributed by atoms with Gasteiger partial charge in [-0.2, -0.15) is 18.3 Å². The Hall–Kier alpha value is -4.40. The Morgan fingerprint density at radius 1 is 0.972 bits per heavy atom. The van der Waals surface area contributed by atoms with Gasteiger partial charge in [0.25, 0.3) is 0 Å². The third-order valence-corrected chi connectivity index (χ3v) is 5.80. The van der Waals surface area contributed by atoms with E-state index in [1.54, 1.807) is 28.9 Å². The summed E-state index contributed by atoms with van der Waals surface area (Å²) >= 11 is 0. The first-order valence-electron chi connectivity index (χ1n) is 11.1. The summed E-state index contributed by atoms with van der Waals surface area (Å²) in [6, 6.07) is 23.1. The molecule has 2 amide bonds. The Bertz CT molecular complexity index is 1370. The van der Waals surface area contributed by atoms with Crippen LogP contribution in [-0.4, -0.2) is 21.6 Å². The fourth-order valence-electron chi connectivity index (χ4n) is 4.09. The second kappa shape index (κ2) is 10.1. The number of fused-ring (bicyclic) bond motifs is 1. The number of benzene rings is 3. The number of para-hydroxylation sites is 1. The molecule has 36 heavy (non-hydrogen) atoms. The fraction of sp³-hybridized carbons (Fsp3) is 0.148. The summed E-state index contributed by atoms with van der Waals surface area (Å²) in [5.74, 6) is -0.339. The lowest BCUT2D eigenvalue weighted by Crippen LogP contribution is -2.25. The van der Waals surface area contributed by atoms with Gasteiger partial charge < -0.3 is 11.1 Å². The molecule has 6 nitrogen and oxygen atoms in total. The molecule has 0 aliphatic carbocycles. The molecule has 0 radical (unpaired) electrons. The summed E-state index contributed by atoms with van der Waals surface area (Å²) in [6.07, 6.45) is -4.22. The second-order valence-corrected chi connectivity index (χ2v) is 8.25. The first kappa shape index (κ1) is 24.7. The van der Waals surface area contributed by atoms with Gasteiger partial charge in [-0.05, 0) is 48.9 Å². The van der Waals surface area contributed by atoms with E-state index in [0.717, 1.165) is 29.1 Å². The van der Waals surface area contributed by atoms with Gasteiger partial charge in [0, 0.05) is 23.5 Å². The zero-order valence-corrected chi connectivity index (χ0v) is 19.3. The number of amides is 2. The van der Waals surface area contributed by atoms with E-state index in [2.05, 4.69) is 10.4 Å². The van der Waals surface area contributed by atoms with E-state index in [1.165, 1.54) is 12.1 Å². The lowest BCUT2D eigenvalue weighted by atomic mass is 9.85. The van der Waals surface area contributed by atoms with Crippen LogP contribution in [0.4, 0.5) is 19.0 Å². The molecule has 1 aliphatic heterocycles. The molecule has 2 heterocycles. The Balaban J connectivity index is 0.000000286. The minimum absolute atomic E-state index is 0.166. The molecule has 1 unspecified atom stereocenters. The molecule has 3 aromatic carbocycles. The van der Waals surface area contributed by atoms with Crippen LogP contribution >= 0.6 is 0 Å². The topological polar surface area (TPSA) is 90.0 Å². The van der Waals surface area contributed by atoms with Crippen molar-refractivity contribution in [2.75, 3.05) is 5.32 Å². The van der Waals surface area contributed by atoms with Gasteiger partial charge in [-0.3, -0.25) is 9.59 Å². The van der Waals surface area contributed by atoms with Crippen molar-refractivity contribution < 1.29 is 22.8 Å². The predicted molar refractivity (Wildman–Crippen MR) is 130 cm³/mol. The SMILES string of the molecule is Cc1nn(-c2ccccc2)c2c1C(c1ccc(C(F)(F)F)cc1)CC(=O)N2.NC(=O)c1ccccc1. The molecule has 0 fully saturated rings. The van der Waals surface area contributed by atoms with Crippen molar-refractivity contribution in [3.63, 3.8) is 0 Å². The van der Waals surface area contributed by atoms with Crippen LogP contribution in [0.5, 0.6) is 0 Å². The number of hydrogen-bond acceptors (Lipinski definition) is 3.